The molecule has 16 aliphatic carbocycles. The number of nitrogens with one attached hydrogen (secondary N) is 5. The molecule has 33 heteroatoms. The fraction of sp³-hybridized carbons (Fsp3) is 0.710. The molecule has 32 nitrogen and oxygen atoms in total. The number of carboxylic acid groups (broad SMARTS) is 2. The molecule has 11 N–H and O–H groups in total. The van der Waals surface area contributed by atoms with Crippen molar-refractivity contribution in [1.82, 2.24) is 65.7 Å². The second kappa shape index (κ2) is 48.8. The van der Waals surface area contributed by atoms with Crippen molar-refractivity contribution < 1.29 is 81.8 Å². The summed E-state index contributed by atoms with van der Waals surface area (Å²) in [4.78, 5) is 109. The number of esters is 1. The Morgan fingerprint density at radius 3 is 1.04 bits per heavy atom. The van der Waals surface area contributed by atoms with Gasteiger partial charge in [0.25, 0.3) is 23.6 Å². The third-order valence-corrected chi connectivity index (χ3v) is 28.3. The van der Waals surface area contributed by atoms with Crippen LogP contribution in [-0.4, -0.2) is 185 Å². The lowest BCUT2D eigenvalue weighted by atomic mass is 9.54. The summed E-state index contributed by atoms with van der Waals surface area (Å²) in [6.07, 6.45) is 44.9. The first kappa shape index (κ1) is 104. The average molecular weight is 1870 g/mol. The number of halogens is 1. The van der Waals surface area contributed by atoms with E-state index in [4.69, 9.17) is 50.1 Å². The molecule has 0 aromatic carbocycles. The second-order valence-electron chi connectivity index (χ2n) is 42.4. The van der Waals surface area contributed by atoms with Gasteiger partial charge in [-0.2, -0.15) is 20.4 Å². The molecule has 4 aromatic heterocycles. The third-order valence-electron chi connectivity index (χ3n) is 28.3. The number of ether oxygens (including phenoxy) is 6. The Labute approximate surface area is 791 Å². The smallest absolute Gasteiger partial charge is 0.407 e. The monoisotopic (exact) mass is 1870 g/mol. The highest BCUT2D eigenvalue weighted by Gasteiger charge is 2.53. The van der Waals surface area contributed by atoms with E-state index >= 15 is 0 Å². The van der Waals surface area contributed by atoms with Crippen LogP contribution in [-0.2, 0) is 41.7 Å². The highest BCUT2D eigenvalue weighted by Crippen LogP contribution is 2.58. The predicted octanol–water partition coefficient (Wildman–Crippen LogP) is 14.7. The van der Waals surface area contributed by atoms with Gasteiger partial charge in [-0.25, -0.2) is 33.1 Å². The largest absolute Gasteiger partial charge is 0.481 e. The fourth-order valence-corrected chi connectivity index (χ4v) is 23.8. The number of ketones is 1. The number of allylic oxidation sites excluding steroid dienone is 3. The van der Waals surface area contributed by atoms with Crippen LogP contribution in [0, 0.1) is 118 Å². The van der Waals surface area contributed by atoms with Crippen molar-refractivity contribution in [3.05, 3.63) is 83.5 Å². The summed E-state index contributed by atoms with van der Waals surface area (Å²) in [6, 6.07) is 1.04. The van der Waals surface area contributed by atoms with Crippen molar-refractivity contribution in [1.29, 1.82) is 0 Å². The SMILES string of the molecule is CC(C)(C)OC(=O)NCCN.CC(C)COc1c(C(=O)NC2C3CC4CC(C3)CC2C4)cnn1/C=C/CC(=O)CCCN.CC(C)COc1c(C(=O)NC2C3CC4CC(C3)CC2C4)cnn1/C=C/CC(=O)O.CC(C)COc1c(C(=O)NC2C3CC4CC(C3)CC2C4)cnn1C/C=C/C(=O)O.CCOC(=O)/C=C/Cn1ncc(C(=O)NC2C3CC4CC(C3)CC2C4)c1OCC(C)C.Cl. The molecule has 0 spiro atoms. The topological polar surface area (TPSA) is 433 Å². The van der Waals surface area contributed by atoms with Crippen LogP contribution in [0.2, 0.25) is 0 Å². The first-order valence-corrected chi connectivity index (χ1v) is 49.3. The van der Waals surface area contributed by atoms with Crippen molar-refractivity contribution in [2.75, 3.05) is 52.7 Å². The quantitative estimate of drug-likeness (QED) is 0.0149. The van der Waals surface area contributed by atoms with Gasteiger partial charge in [0.1, 0.15) is 33.6 Å². The number of nitrogens with two attached hydrogens (primary N) is 2. The molecule has 16 fully saturated rings. The van der Waals surface area contributed by atoms with Crippen LogP contribution in [0.1, 0.15) is 279 Å². The summed E-state index contributed by atoms with van der Waals surface area (Å²) in [5.74, 6) is 12.1. The number of alkyl carbamates (subject to hydrolysis) is 1. The molecule has 133 heavy (non-hydrogen) atoms. The Kier molecular flexibility index (Phi) is 38.1. The van der Waals surface area contributed by atoms with E-state index in [-0.39, 0.29) is 84.9 Å². The van der Waals surface area contributed by atoms with Crippen molar-refractivity contribution >= 4 is 78.2 Å². The molecule has 0 saturated heterocycles. The van der Waals surface area contributed by atoms with Gasteiger partial charge in [-0.15, -0.1) is 12.4 Å². The van der Waals surface area contributed by atoms with Crippen molar-refractivity contribution in [2.24, 2.45) is 130 Å². The first-order valence-electron chi connectivity index (χ1n) is 49.3. The van der Waals surface area contributed by atoms with E-state index < -0.39 is 23.6 Å². The summed E-state index contributed by atoms with van der Waals surface area (Å²) < 4.78 is 39.9. The molecule has 0 atom stereocenters. The van der Waals surface area contributed by atoms with E-state index in [0.717, 1.165) is 53.4 Å². The van der Waals surface area contributed by atoms with Gasteiger partial charge in [0.2, 0.25) is 23.5 Å². The average Bonchev–Trinajstić information content (AvgIpc) is 1.60. The molecule has 5 amide bonds. The maximum atomic E-state index is 13.3. The molecule has 0 aliphatic heterocycles. The van der Waals surface area contributed by atoms with E-state index in [9.17, 15) is 43.2 Å². The molecule has 4 heterocycles. The van der Waals surface area contributed by atoms with Crippen LogP contribution >= 0.6 is 12.4 Å². The number of rotatable bonds is 38. The molecular formula is C100H152ClN15O17. The minimum absolute atomic E-state index is 0. The summed E-state index contributed by atoms with van der Waals surface area (Å²) in [5, 5.41) is 50.7. The molecule has 4 aromatic rings. The van der Waals surface area contributed by atoms with Gasteiger partial charge >= 0.3 is 24.0 Å². The summed E-state index contributed by atoms with van der Waals surface area (Å²) >= 11 is 0. The Hall–Kier alpha value is -9.56. The van der Waals surface area contributed by atoms with E-state index in [1.54, 1.807) is 57.9 Å². The Morgan fingerprint density at radius 1 is 0.436 bits per heavy atom. The van der Waals surface area contributed by atoms with E-state index in [1.807, 2.05) is 48.5 Å². The van der Waals surface area contributed by atoms with Gasteiger partial charge < -0.3 is 76.7 Å². The molecule has 16 aliphatic rings. The van der Waals surface area contributed by atoms with Gasteiger partial charge in [0.15, 0.2) is 0 Å². The Morgan fingerprint density at radius 2 is 0.744 bits per heavy atom. The maximum Gasteiger partial charge on any atom is 0.407 e. The van der Waals surface area contributed by atoms with Crippen molar-refractivity contribution in [3.8, 4) is 23.5 Å². The summed E-state index contributed by atoms with van der Waals surface area (Å²) in [7, 11) is 0. The number of carboxylic acids is 2. The lowest BCUT2D eigenvalue weighted by Gasteiger charge is -2.54. The van der Waals surface area contributed by atoms with E-state index in [0.29, 0.717) is 195 Å². The number of nitrogens with zero attached hydrogens (tertiary/aromatic N) is 8. The zero-order chi connectivity index (χ0) is 94.6. The molecule has 16 saturated carbocycles. The lowest BCUT2D eigenvalue weighted by Crippen LogP contribution is -2.55. The minimum atomic E-state index is -1.01. The number of Topliss-reactive ketones (excluding diaryl/α,β-unsaturated/α-hetero) is 1. The van der Waals surface area contributed by atoms with Gasteiger partial charge in [0.05, 0.1) is 77.3 Å². The molecule has 736 valence electrons. The normalized spacial score (nSPS) is 27.7. The Balaban J connectivity index is 0.000000164. The lowest BCUT2D eigenvalue weighted by molar-refractivity contribution is -0.137. The van der Waals surface area contributed by atoms with Crippen LogP contribution in [0.15, 0.2) is 61.2 Å². The Bertz CT molecular complexity index is 4550. The number of hydrogen-bond donors (Lipinski definition) is 9. The number of aliphatic carboxylic acids is 2. The van der Waals surface area contributed by atoms with Crippen LogP contribution in [0.5, 0.6) is 23.5 Å². The standard InChI is InChI=1S/C25H38N4O3.C24H35N3O4.2C22H31N3O4.C7H16N2O2.ClH/c1-16(2)15-32-25-22(14-27-29(25)8-4-6-21(30)5-3-7-26)24(31)28-23-19-10-17-9-18(12-19)13-20(23)11-17;1-4-30-21(28)6-5-7-27-24(31-14-15(2)3)20(13-25-27)23(29)26-22-18-9-16-8-17(11-18)12-19(22)10-16;2*1-13(2)12-29-22-18(11-23-25(22)5-3-4-19(26)27)21(28)24-20-16-7-14-6-15(9-16)10-17(20)8-14;1-7(2,3)11-6(10)9-5-4-8;/h4,8,14,16-20,23H,3,5-7,9-13,15,26H2,1-2H3,(H,28,31);5-6,13,15-19,22H,4,7-12,14H2,1-3H3,(H,26,29);3,5,11,13-17,20H,4,6-10,12H2,1-2H3,(H,24,28)(H,26,27);3-4,11,13-17,20H,5-10,12H2,1-2H3,(H,24,28)(H,26,27);4-5,8H2,1-3H3,(H,9,10);1H/b8-4+;6-5+;5-3+;4-3+;;. The van der Waals surface area contributed by atoms with Gasteiger partial charge in [-0.05, 0) is 287 Å². The zero-order valence-electron chi connectivity index (χ0n) is 80.5. The molecule has 0 unspecified atom stereocenters. The van der Waals surface area contributed by atoms with Crippen molar-refractivity contribution in [3.63, 3.8) is 0 Å². The molecule has 20 rings (SSSR count). The summed E-state index contributed by atoms with van der Waals surface area (Å²) in [6.45, 7) is 27.9. The third kappa shape index (κ3) is 29.2. The van der Waals surface area contributed by atoms with E-state index in [2.05, 4.69) is 74.7 Å². The fourth-order valence-electron chi connectivity index (χ4n) is 23.8. The molecule has 0 radical (unpaired) electrons. The number of aromatic nitrogens is 8. The van der Waals surface area contributed by atoms with Crippen molar-refractivity contribution in [2.45, 2.75) is 280 Å². The molecular weight excluding hydrogens is 1720 g/mol. The number of carbonyl (C=O) groups excluding carboxylic acids is 7. The van der Waals surface area contributed by atoms with Gasteiger partial charge in [-0.1, -0.05) is 79.7 Å². The number of amides is 5. The van der Waals surface area contributed by atoms with E-state index in [1.165, 1.54) is 164 Å². The highest BCUT2D eigenvalue weighted by atomic mass is 35.5. The van der Waals surface area contributed by atoms with Gasteiger partial charge in [0, 0.05) is 74.7 Å². The highest BCUT2D eigenvalue weighted by molar-refractivity contribution is 5.98. The number of hydrogen-bond acceptors (Lipinski definition) is 21. The van der Waals surface area contributed by atoms with Crippen LogP contribution < -0.4 is 57.0 Å². The van der Waals surface area contributed by atoms with Crippen LogP contribution in [0.25, 0.3) is 12.4 Å². The number of carbonyl (C=O) groups is 9. The molecule has 16 bridgehead atoms. The first-order chi connectivity index (χ1) is 63.1. The van der Waals surface area contributed by atoms with Crippen LogP contribution in [0.3, 0.4) is 0 Å². The van der Waals surface area contributed by atoms with Crippen LogP contribution in [0.4, 0.5) is 4.79 Å². The predicted molar refractivity (Wildman–Crippen MR) is 507 cm³/mol. The zero-order valence-corrected chi connectivity index (χ0v) is 81.3. The minimum Gasteiger partial charge on any atom is -0.481 e. The second-order valence-corrected chi connectivity index (χ2v) is 42.4. The van der Waals surface area contributed by atoms with Gasteiger partial charge in [-0.3, -0.25) is 28.8 Å². The summed E-state index contributed by atoms with van der Waals surface area (Å²) in [5.41, 5.74) is 12.0. The maximum absolute atomic E-state index is 13.3.